The Morgan fingerprint density at radius 3 is 1.89 bits per heavy atom. The quantitative estimate of drug-likeness (QED) is 0.617. The van der Waals surface area contributed by atoms with Crippen LogP contribution in [0.1, 0.15) is 22.7 Å². The van der Waals surface area contributed by atoms with Crippen molar-refractivity contribution in [3.8, 4) is 17.2 Å². The first-order chi connectivity index (χ1) is 13.7. The largest absolute Gasteiger partial charge is 0.496 e. The number of benzene rings is 3. The summed E-state index contributed by atoms with van der Waals surface area (Å²) < 4.78 is 16.4. The molecule has 0 radical (unpaired) electrons. The highest BCUT2D eigenvalue weighted by Gasteiger charge is 2.18. The van der Waals surface area contributed by atoms with Gasteiger partial charge in [0.25, 0.3) is 0 Å². The molecule has 4 nitrogen and oxygen atoms in total. The third-order valence-corrected chi connectivity index (χ3v) is 4.94. The van der Waals surface area contributed by atoms with Gasteiger partial charge in [-0.1, -0.05) is 60.7 Å². The first-order valence-corrected chi connectivity index (χ1v) is 9.46. The minimum Gasteiger partial charge on any atom is -0.496 e. The molecule has 0 amide bonds. The van der Waals surface area contributed by atoms with Crippen molar-refractivity contribution in [1.29, 1.82) is 0 Å². The van der Waals surface area contributed by atoms with E-state index < -0.39 is 0 Å². The van der Waals surface area contributed by atoms with Crippen LogP contribution in [-0.4, -0.2) is 21.3 Å². The standard InChI is InChI=1S/C24H27NO3/c1-26-22-16-24(28-3)23(27-2)15-20(22)17-25-21(19-12-8-5-9-13-19)14-18-10-6-4-7-11-18/h4-13,15-16,21,25H,14,17H2,1-3H3/p+1. The zero-order chi connectivity index (χ0) is 19.8. The Kier molecular flexibility index (Phi) is 6.93. The summed E-state index contributed by atoms with van der Waals surface area (Å²) in [4.78, 5) is 0. The Bertz CT molecular complexity index is 866. The van der Waals surface area contributed by atoms with Gasteiger partial charge in [0.2, 0.25) is 0 Å². The highest BCUT2D eigenvalue weighted by atomic mass is 16.5. The molecule has 3 rings (SSSR count). The van der Waals surface area contributed by atoms with Gasteiger partial charge in [0, 0.05) is 18.1 Å². The van der Waals surface area contributed by atoms with Crippen molar-refractivity contribution in [2.24, 2.45) is 0 Å². The first kappa shape index (κ1) is 19.8. The van der Waals surface area contributed by atoms with Gasteiger partial charge >= 0.3 is 0 Å². The van der Waals surface area contributed by atoms with Crippen molar-refractivity contribution in [3.63, 3.8) is 0 Å². The van der Waals surface area contributed by atoms with E-state index in [-0.39, 0.29) is 0 Å². The lowest BCUT2D eigenvalue weighted by molar-refractivity contribution is -0.711. The summed E-state index contributed by atoms with van der Waals surface area (Å²) in [7, 11) is 4.97. The lowest BCUT2D eigenvalue weighted by Crippen LogP contribution is -2.84. The third kappa shape index (κ3) is 4.84. The molecule has 28 heavy (non-hydrogen) atoms. The van der Waals surface area contributed by atoms with E-state index >= 15 is 0 Å². The zero-order valence-electron chi connectivity index (χ0n) is 16.7. The molecule has 0 aliphatic rings. The van der Waals surface area contributed by atoms with Gasteiger partial charge in [-0.3, -0.25) is 0 Å². The second-order valence-electron chi connectivity index (χ2n) is 6.67. The maximum Gasteiger partial charge on any atom is 0.164 e. The van der Waals surface area contributed by atoms with Crippen LogP contribution in [-0.2, 0) is 13.0 Å². The predicted molar refractivity (Wildman–Crippen MR) is 111 cm³/mol. The highest BCUT2D eigenvalue weighted by molar-refractivity contribution is 5.50. The number of ether oxygens (including phenoxy) is 3. The molecular formula is C24H28NO3+. The topological polar surface area (TPSA) is 44.3 Å². The van der Waals surface area contributed by atoms with Crippen molar-refractivity contribution in [3.05, 3.63) is 89.5 Å². The minimum absolute atomic E-state index is 0.307. The molecule has 4 heteroatoms. The Morgan fingerprint density at radius 2 is 1.29 bits per heavy atom. The van der Waals surface area contributed by atoms with Gasteiger partial charge in [-0.2, -0.15) is 0 Å². The molecule has 0 fully saturated rings. The Balaban J connectivity index is 1.83. The smallest absolute Gasteiger partial charge is 0.164 e. The number of rotatable bonds is 9. The summed E-state index contributed by atoms with van der Waals surface area (Å²) in [5, 5.41) is 2.35. The number of hydrogen-bond acceptors (Lipinski definition) is 3. The van der Waals surface area contributed by atoms with Crippen LogP contribution in [0.2, 0.25) is 0 Å². The van der Waals surface area contributed by atoms with E-state index in [0.29, 0.717) is 17.5 Å². The minimum atomic E-state index is 0.307. The molecule has 0 aliphatic carbocycles. The molecule has 2 N–H and O–H groups in total. The van der Waals surface area contributed by atoms with Crippen LogP contribution in [0.3, 0.4) is 0 Å². The predicted octanol–water partition coefficient (Wildman–Crippen LogP) is 3.76. The van der Waals surface area contributed by atoms with Gasteiger partial charge in [0.05, 0.1) is 26.9 Å². The van der Waals surface area contributed by atoms with E-state index in [0.717, 1.165) is 24.3 Å². The lowest BCUT2D eigenvalue weighted by Gasteiger charge is -2.18. The highest BCUT2D eigenvalue weighted by Crippen LogP contribution is 2.34. The number of methoxy groups -OCH3 is 3. The summed E-state index contributed by atoms with van der Waals surface area (Å²) in [5.74, 6) is 2.19. The van der Waals surface area contributed by atoms with Crippen molar-refractivity contribution >= 4 is 0 Å². The monoisotopic (exact) mass is 378 g/mol. The van der Waals surface area contributed by atoms with Gasteiger partial charge in [-0.05, 0) is 11.6 Å². The summed E-state index contributed by atoms with van der Waals surface area (Å²) in [6.45, 7) is 0.774. The SMILES string of the molecule is COc1cc(OC)c(OC)cc1C[NH2+]C(Cc1ccccc1)c1ccccc1. The van der Waals surface area contributed by atoms with Crippen LogP contribution in [0.4, 0.5) is 0 Å². The number of hydrogen-bond donors (Lipinski definition) is 1. The molecular weight excluding hydrogens is 350 g/mol. The third-order valence-electron chi connectivity index (χ3n) is 4.94. The second-order valence-corrected chi connectivity index (χ2v) is 6.67. The average molecular weight is 378 g/mol. The summed E-state index contributed by atoms with van der Waals surface area (Å²) in [6.07, 6.45) is 0.959. The van der Waals surface area contributed by atoms with Crippen LogP contribution >= 0.6 is 0 Å². The van der Waals surface area contributed by atoms with Gasteiger partial charge < -0.3 is 19.5 Å². The van der Waals surface area contributed by atoms with E-state index in [2.05, 4.69) is 66.0 Å². The van der Waals surface area contributed by atoms with E-state index in [1.54, 1.807) is 21.3 Å². The number of quaternary nitrogens is 1. The zero-order valence-corrected chi connectivity index (χ0v) is 16.7. The van der Waals surface area contributed by atoms with Crippen LogP contribution in [0.5, 0.6) is 17.2 Å². The summed E-state index contributed by atoms with van der Waals surface area (Å²) in [6, 6.07) is 25.4. The summed E-state index contributed by atoms with van der Waals surface area (Å²) >= 11 is 0. The van der Waals surface area contributed by atoms with E-state index in [4.69, 9.17) is 14.2 Å². The van der Waals surface area contributed by atoms with Gasteiger partial charge in [0.15, 0.2) is 11.5 Å². The Hall–Kier alpha value is -2.98. The summed E-state index contributed by atoms with van der Waals surface area (Å²) in [5.41, 5.74) is 3.71. The molecule has 1 unspecified atom stereocenters. The maximum absolute atomic E-state index is 5.59. The fourth-order valence-electron chi connectivity index (χ4n) is 3.43. The molecule has 3 aromatic rings. The molecule has 0 aromatic heterocycles. The van der Waals surface area contributed by atoms with E-state index in [1.165, 1.54) is 11.1 Å². The molecule has 3 aromatic carbocycles. The fraction of sp³-hybridized carbons (Fsp3) is 0.250. The normalized spacial score (nSPS) is 11.7. The van der Waals surface area contributed by atoms with Gasteiger partial charge in [-0.25, -0.2) is 0 Å². The second kappa shape index (κ2) is 9.81. The first-order valence-electron chi connectivity index (χ1n) is 9.46. The van der Waals surface area contributed by atoms with Crippen LogP contribution in [0.25, 0.3) is 0 Å². The van der Waals surface area contributed by atoms with Crippen LogP contribution in [0, 0.1) is 0 Å². The van der Waals surface area contributed by atoms with Crippen LogP contribution < -0.4 is 19.5 Å². The van der Waals surface area contributed by atoms with Gasteiger partial charge in [-0.15, -0.1) is 0 Å². The van der Waals surface area contributed by atoms with Crippen molar-refractivity contribution in [2.75, 3.05) is 21.3 Å². The van der Waals surface area contributed by atoms with Crippen molar-refractivity contribution in [1.82, 2.24) is 0 Å². The molecule has 1 atom stereocenters. The lowest BCUT2D eigenvalue weighted by atomic mass is 9.98. The molecule has 0 heterocycles. The molecule has 0 bridgehead atoms. The van der Waals surface area contributed by atoms with Gasteiger partial charge in [0.1, 0.15) is 18.3 Å². The van der Waals surface area contributed by atoms with Crippen molar-refractivity contribution < 1.29 is 19.5 Å². The van der Waals surface area contributed by atoms with Crippen molar-refractivity contribution in [2.45, 2.75) is 19.0 Å². The molecule has 0 saturated carbocycles. The number of nitrogens with two attached hydrogens (primary N) is 1. The molecule has 0 spiro atoms. The maximum atomic E-state index is 5.59. The molecule has 0 saturated heterocycles. The molecule has 0 aliphatic heterocycles. The molecule has 146 valence electrons. The average Bonchev–Trinajstić information content (AvgIpc) is 2.77. The van der Waals surface area contributed by atoms with E-state index in [9.17, 15) is 0 Å². The van der Waals surface area contributed by atoms with E-state index in [1.807, 2.05) is 12.1 Å². The van der Waals surface area contributed by atoms with Crippen LogP contribution in [0.15, 0.2) is 72.8 Å². The fourth-order valence-corrected chi connectivity index (χ4v) is 3.43. The Morgan fingerprint density at radius 1 is 0.714 bits per heavy atom. The Labute approximate surface area is 167 Å².